The Bertz CT molecular complexity index is 1440. The molecule has 3 aromatic carbocycles. The Labute approximate surface area is 190 Å². The van der Waals surface area contributed by atoms with E-state index in [1.165, 1.54) is 6.07 Å². The van der Waals surface area contributed by atoms with Crippen LogP contribution < -0.4 is 10.9 Å². The molecule has 0 spiro atoms. The van der Waals surface area contributed by atoms with E-state index < -0.39 is 0 Å². The predicted octanol–water partition coefficient (Wildman–Crippen LogP) is 4.85. The SMILES string of the molecule is O=c1[nH]c2c(cc1CNCCc1ccccc1F)c(-c1ccccc1)nn2-c1ccccc1. The second-order valence-corrected chi connectivity index (χ2v) is 7.87. The molecule has 0 saturated heterocycles. The molecule has 2 aromatic heterocycles. The number of para-hydroxylation sites is 1. The fourth-order valence-electron chi connectivity index (χ4n) is 3.96. The minimum Gasteiger partial charge on any atom is -0.312 e. The summed E-state index contributed by atoms with van der Waals surface area (Å²) in [5.74, 6) is -0.209. The molecule has 0 radical (unpaired) electrons. The number of aromatic amines is 1. The van der Waals surface area contributed by atoms with Gasteiger partial charge in [0.1, 0.15) is 17.2 Å². The number of H-pyrrole nitrogens is 1. The van der Waals surface area contributed by atoms with Gasteiger partial charge in [0.15, 0.2) is 0 Å². The minimum atomic E-state index is -0.209. The van der Waals surface area contributed by atoms with Gasteiger partial charge in [-0.2, -0.15) is 5.10 Å². The molecule has 2 N–H and O–H groups in total. The number of nitrogens with zero attached hydrogens (tertiary/aromatic N) is 2. The Balaban J connectivity index is 1.48. The van der Waals surface area contributed by atoms with E-state index in [1.54, 1.807) is 16.8 Å². The number of benzene rings is 3. The lowest BCUT2D eigenvalue weighted by Crippen LogP contribution is -2.23. The highest BCUT2D eigenvalue weighted by Gasteiger charge is 2.16. The lowest BCUT2D eigenvalue weighted by Gasteiger charge is -2.07. The molecule has 33 heavy (non-hydrogen) atoms. The van der Waals surface area contributed by atoms with E-state index in [2.05, 4.69) is 10.3 Å². The maximum absolute atomic E-state index is 13.8. The average molecular weight is 439 g/mol. The largest absolute Gasteiger partial charge is 0.312 e. The molecule has 0 atom stereocenters. The van der Waals surface area contributed by atoms with Gasteiger partial charge in [-0.3, -0.25) is 4.79 Å². The van der Waals surface area contributed by atoms with Crippen molar-refractivity contribution in [1.29, 1.82) is 0 Å². The zero-order chi connectivity index (χ0) is 22.6. The van der Waals surface area contributed by atoms with Gasteiger partial charge in [-0.05, 0) is 42.8 Å². The van der Waals surface area contributed by atoms with Crippen LogP contribution in [0.25, 0.3) is 28.0 Å². The van der Waals surface area contributed by atoms with Crippen LogP contribution in [-0.2, 0) is 13.0 Å². The van der Waals surface area contributed by atoms with Crippen LogP contribution in [0.5, 0.6) is 0 Å². The highest BCUT2D eigenvalue weighted by atomic mass is 19.1. The van der Waals surface area contributed by atoms with Gasteiger partial charge in [-0.15, -0.1) is 0 Å². The second kappa shape index (κ2) is 9.22. The average Bonchev–Trinajstić information content (AvgIpc) is 3.22. The molecule has 0 saturated carbocycles. The summed E-state index contributed by atoms with van der Waals surface area (Å²) in [6, 6.07) is 28.3. The molecule has 5 rings (SSSR count). The van der Waals surface area contributed by atoms with Crippen LogP contribution in [0.1, 0.15) is 11.1 Å². The van der Waals surface area contributed by atoms with Crippen LogP contribution in [0.2, 0.25) is 0 Å². The first-order valence-corrected chi connectivity index (χ1v) is 10.9. The number of fused-ring (bicyclic) bond motifs is 1. The first-order chi connectivity index (χ1) is 16.2. The third-order valence-electron chi connectivity index (χ3n) is 5.66. The number of pyridine rings is 1. The van der Waals surface area contributed by atoms with Gasteiger partial charge in [0, 0.05) is 23.1 Å². The van der Waals surface area contributed by atoms with Crippen molar-refractivity contribution in [2.24, 2.45) is 0 Å². The van der Waals surface area contributed by atoms with Crippen molar-refractivity contribution >= 4 is 11.0 Å². The summed E-state index contributed by atoms with van der Waals surface area (Å²) in [7, 11) is 0. The molecule has 0 amide bonds. The van der Waals surface area contributed by atoms with E-state index in [1.807, 2.05) is 72.8 Å². The minimum absolute atomic E-state index is 0.169. The van der Waals surface area contributed by atoms with Gasteiger partial charge in [0.2, 0.25) is 0 Å². The summed E-state index contributed by atoms with van der Waals surface area (Å²) in [4.78, 5) is 15.9. The third kappa shape index (κ3) is 4.33. The van der Waals surface area contributed by atoms with Gasteiger partial charge in [0.25, 0.3) is 5.56 Å². The first-order valence-electron chi connectivity index (χ1n) is 10.9. The van der Waals surface area contributed by atoms with Gasteiger partial charge in [-0.25, -0.2) is 9.07 Å². The van der Waals surface area contributed by atoms with Gasteiger partial charge in [-0.1, -0.05) is 66.7 Å². The summed E-state index contributed by atoms with van der Waals surface area (Å²) in [5.41, 5.74) is 4.40. The number of nitrogens with one attached hydrogen (secondary N) is 2. The van der Waals surface area contributed by atoms with E-state index in [-0.39, 0.29) is 11.4 Å². The Hall–Kier alpha value is -4.03. The van der Waals surface area contributed by atoms with Crippen LogP contribution in [0, 0.1) is 5.82 Å². The topological polar surface area (TPSA) is 62.7 Å². The molecule has 164 valence electrons. The molecule has 0 fully saturated rings. The molecule has 0 bridgehead atoms. The summed E-state index contributed by atoms with van der Waals surface area (Å²) in [5, 5.41) is 8.98. The highest BCUT2D eigenvalue weighted by Crippen LogP contribution is 2.28. The molecular weight excluding hydrogens is 415 g/mol. The third-order valence-corrected chi connectivity index (χ3v) is 5.66. The molecule has 0 aliphatic carbocycles. The standard InChI is InChI=1S/C27H23FN4O/c28-24-14-8-7-9-19(24)15-16-29-18-21-17-23-25(20-10-3-1-4-11-20)31-32(26(23)30-27(21)33)22-12-5-2-6-13-22/h1-14,17,29H,15-16,18H2,(H,30,33). The van der Waals surface area contributed by atoms with Crippen molar-refractivity contribution < 1.29 is 4.39 Å². The smallest absolute Gasteiger partial charge is 0.254 e. The molecule has 2 heterocycles. The number of rotatable bonds is 7. The molecule has 0 unspecified atom stereocenters. The van der Waals surface area contributed by atoms with E-state index >= 15 is 0 Å². The van der Waals surface area contributed by atoms with Crippen LogP contribution in [0.3, 0.4) is 0 Å². The van der Waals surface area contributed by atoms with Gasteiger partial charge in [0.05, 0.1) is 5.69 Å². The zero-order valence-electron chi connectivity index (χ0n) is 18.0. The fraction of sp³-hybridized carbons (Fsp3) is 0.111. The van der Waals surface area contributed by atoms with Gasteiger partial charge < -0.3 is 10.3 Å². The van der Waals surface area contributed by atoms with E-state index in [0.717, 1.165) is 22.3 Å². The van der Waals surface area contributed by atoms with E-state index in [0.29, 0.717) is 36.3 Å². The molecular formula is C27H23FN4O. The summed E-state index contributed by atoms with van der Waals surface area (Å²) in [6.45, 7) is 0.942. The van der Waals surface area contributed by atoms with Crippen molar-refractivity contribution in [2.45, 2.75) is 13.0 Å². The summed E-state index contributed by atoms with van der Waals surface area (Å²) < 4.78 is 15.6. The van der Waals surface area contributed by atoms with E-state index in [4.69, 9.17) is 5.10 Å². The van der Waals surface area contributed by atoms with Crippen molar-refractivity contribution in [3.8, 4) is 16.9 Å². The van der Waals surface area contributed by atoms with Crippen LogP contribution in [0.15, 0.2) is 95.8 Å². The van der Waals surface area contributed by atoms with E-state index in [9.17, 15) is 9.18 Å². The van der Waals surface area contributed by atoms with Crippen molar-refractivity contribution in [3.63, 3.8) is 0 Å². The lowest BCUT2D eigenvalue weighted by molar-refractivity contribution is 0.597. The number of hydrogen-bond acceptors (Lipinski definition) is 3. The van der Waals surface area contributed by atoms with Crippen molar-refractivity contribution in [3.05, 3.63) is 118 Å². The maximum Gasteiger partial charge on any atom is 0.254 e. The summed E-state index contributed by atoms with van der Waals surface area (Å²) >= 11 is 0. The molecule has 5 nitrogen and oxygen atoms in total. The Morgan fingerprint density at radius 1 is 0.879 bits per heavy atom. The van der Waals surface area contributed by atoms with Crippen molar-refractivity contribution in [2.75, 3.05) is 6.54 Å². The van der Waals surface area contributed by atoms with Crippen molar-refractivity contribution in [1.82, 2.24) is 20.1 Å². The monoisotopic (exact) mass is 438 g/mol. The Morgan fingerprint density at radius 3 is 2.33 bits per heavy atom. The van der Waals surface area contributed by atoms with Crippen LogP contribution in [0.4, 0.5) is 4.39 Å². The fourth-order valence-corrected chi connectivity index (χ4v) is 3.96. The predicted molar refractivity (Wildman–Crippen MR) is 129 cm³/mol. The molecule has 6 heteroatoms. The van der Waals surface area contributed by atoms with Crippen LogP contribution in [-0.4, -0.2) is 21.3 Å². The Kier molecular flexibility index (Phi) is 5.83. The highest BCUT2D eigenvalue weighted by molar-refractivity contribution is 5.92. The number of aromatic nitrogens is 3. The lowest BCUT2D eigenvalue weighted by atomic mass is 10.1. The zero-order valence-corrected chi connectivity index (χ0v) is 18.0. The molecule has 5 aromatic rings. The number of hydrogen-bond donors (Lipinski definition) is 2. The summed E-state index contributed by atoms with van der Waals surface area (Å²) in [6.07, 6.45) is 0.550. The quantitative estimate of drug-likeness (QED) is 0.357. The molecule has 0 aliphatic rings. The Morgan fingerprint density at radius 2 is 1.58 bits per heavy atom. The maximum atomic E-state index is 13.8. The molecule has 0 aliphatic heterocycles. The normalized spacial score (nSPS) is 11.2. The second-order valence-electron chi connectivity index (χ2n) is 7.87. The van der Waals surface area contributed by atoms with Gasteiger partial charge >= 0.3 is 0 Å². The van der Waals surface area contributed by atoms with Crippen LogP contribution >= 0.6 is 0 Å². The number of halogens is 1. The first kappa shape index (κ1) is 20.8.